The van der Waals surface area contributed by atoms with E-state index in [1.54, 1.807) is 7.05 Å². The SMILES string of the molecule is Cn1cnc(S(=O)(=O)Nc2c(Cl)ccc(Cl)c2C(=O)O)c1. The maximum atomic E-state index is 12.2. The van der Waals surface area contributed by atoms with Crippen LogP contribution in [0.15, 0.2) is 29.7 Å². The average Bonchev–Trinajstić information content (AvgIpc) is 2.81. The molecule has 10 heteroatoms. The van der Waals surface area contributed by atoms with Gasteiger partial charge in [0, 0.05) is 13.2 Å². The first kappa shape index (κ1) is 15.6. The van der Waals surface area contributed by atoms with E-state index in [1.165, 1.54) is 29.2 Å². The van der Waals surface area contributed by atoms with Crippen LogP contribution in [0.25, 0.3) is 0 Å². The first-order valence-corrected chi connectivity index (χ1v) is 7.68. The molecule has 2 aromatic rings. The topological polar surface area (TPSA) is 101 Å². The number of hydrogen-bond acceptors (Lipinski definition) is 4. The number of aryl methyl sites for hydroxylation is 1. The van der Waals surface area contributed by atoms with Gasteiger partial charge in [-0.25, -0.2) is 9.78 Å². The van der Waals surface area contributed by atoms with Crippen molar-refractivity contribution in [1.29, 1.82) is 0 Å². The van der Waals surface area contributed by atoms with E-state index in [4.69, 9.17) is 28.3 Å². The number of nitrogens with one attached hydrogen (secondary N) is 1. The van der Waals surface area contributed by atoms with E-state index in [2.05, 4.69) is 9.71 Å². The molecule has 0 aliphatic carbocycles. The zero-order valence-electron chi connectivity index (χ0n) is 10.5. The van der Waals surface area contributed by atoms with Crippen LogP contribution < -0.4 is 4.72 Å². The third-order valence-electron chi connectivity index (χ3n) is 2.51. The van der Waals surface area contributed by atoms with E-state index in [-0.39, 0.29) is 20.8 Å². The summed E-state index contributed by atoms with van der Waals surface area (Å²) in [5.41, 5.74) is -0.731. The fraction of sp³-hybridized carbons (Fsp3) is 0.0909. The lowest BCUT2D eigenvalue weighted by Gasteiger charge is -2.12. The van der Waals surface area contributed by atoms with Crippen molar-refractivity contribution in [1.82, 2.24) is 9.55 Å². The third kappa shape index (κ3) is 3.12. The number of benzene rings is 1. The van der Waals surface area contributed by atoms with Crippen molar-refractivity contribution in [3.63, 3.8) is 0 Å². The van der Waals surface area contributed by atoms with Crippen LogP contribution >= 0.6 is 23.2 Å². The van der Waals surface area contributed by atoms with Crippen molar-refractivity contribution < 1.29 is 18.3 Å². The van der Waals surface area contributed by atoms with Crippen LogP contribution in [0.1, 0.15) is 10.4 Å². The summed E-state index contributed by atoms with van der Waals surface area (Å²) in [6, 6.07) is 2.57. The summed E-state index contributed by atoms with van der Waals surface area (Å²) < 4.78 is 27.9. The number of halogens is 2. The predicted molar refractivity (Wildman–Crippen MR) is 77.4 cm³/mol. The molecule has 0 fully saturated rings. The zero-order valence-corrected chi connectivity index (χ0v) is 12.9. The molecule has 0 saturated carbocycles. The van der Waals surface area contributed by atoms with E-state index < -0.39 is 21.6 Å². The molecular formula is C11H9Cl2N3O4S. The summed E-state index contributed by atoms with van der Waals surface area (Å²) in [7, 11) is -2.48. The molecule has 7 nitrogen and oxygen atoms in total. The highest BCUT2D eigenvalue weighted by molar-refractivity contribution is 7.92. The number of carboxylic acids is 1. The van der Waals surface area contributed by atoms with E-state index in [0.717, 1.165) is 0 Å². The molecule has 21 heavy (non-hydrogen) atoms. The van der Waals surface area contributed by atoms with Gasteiger partial charge in [0.2, 0.25) is 0 Å². The van der Waals surface area contributed by atoms with Crippen molar-refractivity contribution in [2.24, 2.45) is 7.05 Å². The summed E-state index contributed by atoms with van der Waals surface area (Å²) in [6.07, 6.45) is 2.56. The molecule has 0 aliphatic heterocycles. The highest BCUT2D eigenvalue weighted by atomic mass is 35.5. The molecule has 1 aromatic heterocycles. The average molecular weight is 350 g/mol. The van der Waals surface area contributed by atoms with Crippen molar-refractivity contribution in [2.75, 3.05) is 4.72 Å². The van der Waals surface area contributed by atoms with E-state index >= 15 is 0 Å². The Kier molecular flexibility index (Phi) is 4.13. The smallest absolute Gasteiger partial charge is 0.339 e. The molecule has 0 unspecified atom stereocenters. The van der Waals surface area contributed by atoms with Crippen molar-refractivity contribution in [3.8, 4) is 0 Å². The van der Waals surface area contributed by atoms with Crippen LogP contribution in [0, 0.1) is 0 Å². The van der Waals surface area contributed by atoms with Gasteiger partial charge < -0.3 is 9.67 Å². The summed E-state index contributed by atoms with van der Waals surface area (Å²) in [5.74, 6) is -1.40. The second-order valence-corrected chi connectivity index (χ2v) is 6.51. The lowest BCUT2D eigenvalue weighted by Crippen LogP contribution is -2.16. The number of aromatic carboxylic acids is 1. The van der Waals surface area contributed by atoms with E-state index in [0.29, 0.717) is 0 Å². The number of aromatic nitrogens is 2. The minimum atomic E-state index is -4.08. The number of nitrogens with zero attached hydrogens (tertiary/aromatic N) is 2. The second kappa shape index (κ2) is 5.55. The van der Waals surface area contributed by atoms with E-state index in [1.807, 2.05) is 0 Å². The Hall–Kier alpha value is -1.77. The highest BCUT2D eigenvalue weighted by Crippen LogP contribution is 2.33. The maximum absolute atomic E-state index is 12.2. The van der Waals surface area contributed by atoms with Crippen LogP contribution in [0.3, 0.4) is 0 Å². The molecule has 2 rings (SSSR count). The Bertz CT molecular complexity index is 817. The Labute approximate surface area is 130 Å². The Morgan fingerprint density at radius 3 is 2.48 bits per heavy atom. The van der Waals surface area contributed by atoms with Gasteiger partial charge in [0.25, 0.3) is 10.0 Å². The summed E-state index contributed by atoms with van der Waals surface area (Å²) in [4.78, 5) is 14.9. The number of carbonyl (C=O) groups is 1. The van der Waals surface area contributed by atoms with Crippen LogP contribution in [0.2, 0.25) is 10.0 Å². The molecule has 0 saturated heterocycles. The van der Waals surface area contributed by atoms with Gasteiger partial charge in [0.1, 0.15) is 5.56 Å². The minimum Gasteiger partial charge on any atom is -0.478 e. The van der Waals surface area contributed by atoms with Gasteiger partial charge in [-0.05, 0) is 12.1 Å². The molecule has 1 aromatic carbocycles. The Balaban J connectivity index is 2.54. The largest absolute Gasteiger partial charge is 0.478 e. The minimum absolute atomic E-state index is 0.0868. The number of carboxylic acid groups (broad SMARTS) is 1. The number of anilines is 1. The molecule has 0 aliphatic rings. The predicted octanol–water partition coefficient (Wildman–Crippen LogP) is 2.23. The Morgan fingerprint density at radius 2 is 1.95 bits per heavy atom. The second-order valence-electron chi connectivity index (χ2n) is 4.07. The lowest BCUT2D eigenvalue weighted by atomic mass is 10.2. The highest BCUT2D eigenvalue weighted by Gasteiger charge is 2.24. The molecule has 2 N–H and O–H groups in total. The van der Waals surface area contributed by atoms with Crippen LogP contribution in [0.4, 0.5) is 5.69 Å². The van der Waals surface area contributed by atoms with Gasteiger partial charge in [0.05, 0.1) is 22.1 Å². The fourth-order valence-corrected chi connectivity index (χ4v) is 3.15. The van der Waals surface area contributed by atoms with Gasteiger partial charge in [-0.1, -0.05) is 23.2 Å². The normalized spacial score (nSPS) is 11.4. The molecule has 1 heterocycles. The van der Waals surface area contributed by atoms with Gasteiger partial charge in [-0.15, -0.1) is 0 Å². The standard InChI is InChI=1S/C11H9Cl2N3O4S/c1-16-4-8(14-5-16)21(19,20)15-10-7(13)3-2-6(12)9(10)11(17)18/h2-5,15H,1H3,(H,17,18). The number of rotatable bonds is 4. The van der Waals surface area contributed by atoms with Crippen molar-refractivity contribution >= 4 is 44.9 Å². The van der Waals surface area contributed by atoms with Gasteiger partial charge in [-0.3, -0.25) is 4.72 Å². The van der Waals surface area contributed by atoms with Crippen molar-refractivity contribution in [3.05, 3.63) is 40.3 Å². The molecule has 112 valence electrons. The number of imidazole rings is 1. The monoisotopic (exact) mass is 349 g/mol. The molecular weight excluding hydrogens is 341 g/mol. The van der Waals surface area contributed by atoms with Crippen LogP contribution in [0.5, 0.6) is 0 Å². The summed E-state index contributed by atoms with van der Waals surface area (Å²) in [6.45, 7) is 0. The third-order valence-corrected chi connectivity index (χ3v) is 4.37. The van der Waals surface area contributed by atoms with Crippen LogP contribution in [-0.2, 0) is 17.1 Å². The van der Waals surface area contributed by atoms with Crippen LogP contribution in [-0.4, -0.2) is 29.0 Å². The quantitative estimate of drug-likeness (QED) is 0.881. The van der Waals surface area contributed by atoms with Gasteiger partial charge >= 0.3 is 5.97 Å². The number of hydrogen-bond donors (Lipinski definition) is 2. The first-order chi connectivity index (χ1) is 9.72. The molecule has 0 radical (unpaired) electrons. The van der Waals surface area contributed by atoms with E-state index in [9.17, 15) is 13.2 Å². The zero-order chi connectivity index (χ0) is 15.8. The van der Waals surface area contributed by atoms with Crippen molar-refractivity contribution in [2.45, 2.75) is 5.03 Å². The molecule has 0 spiro atoms. The molecule has 0 atom stereocenters. The lowest BCUT2D eigenvalue weighted by molar-refractivity contribution is 0.0698. The molecule has 0 bridgehead atoms. The summed E-state index contributed by atoms with van der Waals surface area (Å²) >= 11 is 11.7. The first-order valence-electron chi connectivity index (χ1n) is 5.44. The molecule has 0 amide bonds. The Morgan fingerprint density at radius 1 is 1.33 bits per heavy atom. The fourth-order valence-electron chi connectivity index (χ4n) is 1.57. The maximum Gasteiger partial charge on any atom is 0.339 e. The van der Waals surface area contributed by atoms with Gasteiger partial charge in [0.15, 0.2) is 5.03 Å². The summed E-state index contributed by atoms with van der Waals surface area (Å²) in [5, 5.41) is 8.66. The van der Waals surface area contributed by atoms with Gasteiger partial charge in [-0.2, -0.15) is 8.42 Å². The number of sulfonamides is 1.